The molecule has 0 amide bonds. The quantitative estimate of drug-likeness (QED) is 0.780. The fourth-order valence-corrected chi connectivity index (χ4v) is 1.84. The number of halogens is 2. The van der Waals surface area contributed by atoms with Gasteiger partial charge in [0.15, 0.2) is 0 Å². The van der Waals surface area contributed by atoms with Gasteiger partial charge in [0, 0.05) is 16.7 Å². The molecule has 0 aliphatic heterocycles. The maximum absolute atomic E-state index is 11.0. The van der Waals surface area contributed by atoms with E-state index in [1.807, 2.05) is 0 Å². The molecule has 0 atom stereocenters. The van der Waals surface area contributed by atoms with Crippen LogP contribution in [0.3, 0.4) is 0 Å². The second-order valence-corrected chi connectivity index (χ2v) is 5.44. The van der Waals surface area contributed by atoms with Gasteiger partial charge in [0.2, 0.25) is 0 Å². The van der Waals surface area contributed by atoms with E-state index in [-0.39, 0.29) is 4.90 Å². The number of rotatable bonds is 3. The lowest BCUT2D eigenvalue weighted by atomic mass is 10.3. The normalized spacial score (nSPS) is 11.4. The van der Waals surface area contributed by atoms with Gasteiger partial charge in [-0.2, -0.15) is 0 Å². The van der Waals surface area contributed by atoms with Crippen LogP contribution in [0.15, 0.2) is 23.1 Å². The predicted molar refractivity (Wildman–Crippen MR) is 55.7 cm³/mol. The first-order chi connectivity index (χ1) is 6.45. The summed E-state index contributed by atoms with van der Waals surface area (Å²) in [5.74, 6) is 0.316. The van der Waals surface area contributed by atoms with E-state index in [4.69, 9.17) is 27.0 Å². The Morgan fingerprint density at radius 2 is 2.07 bits per heavy atom. The second kappa shape index (κ2) is 4.38. The molecule has 0 aromatic heterocycles. The van der Waals surface area contributed by atoms with Gasteiger partial charge in [-0.3, -0.25) is 0 Å². The molecule has 78 valence electrons. The molecule has 3 nitrogen and oxygen atoms in total. The number of hydrogen-bond acceptors (Lipinski definition) is 3. The zero-order valence-electron chi connectivity index (χ0n) is 7.33. The molecular weight excluding hydrogens is 247 g/mol. The van der Waals surface area contributed by atoms with Gasteiger partial charge < -0.3 is 4.74 Å². The number of ether oxygens (including phenoxy) is 1. The lowest BCUT2D eigenvalue weighted by Gasteiger charge is -2.06. The summed E-state index contributed by atoms with van der Waals surface area (Å²) in [6.45, 7) is 2.18. The fraction of sp³-hybridized carbons (Fsp3) is 0.250. The Balaban J connectivity index is 3.20. The van der Waals surface area contributed by atoms with E-state index in [0.29, 0.717) is 17.4 Å². The maximum atomic E-state index is 11.0. The predicted octanol–water partition coefficient (Wildman–Crippen LogP) is 2.67. The molecule has 0 radical (unpaired) electrons. The van der Waals surface area contributed by atoms with Crippen LogP contribution in [-0.4, -0.2) is 15.0 Å². The van der Waals surface area contributed by atoms with Crippen LogP contribution in [0.5, 0.6) is 5.75 Å². The molecule has 1 aromatic rings. The Kier molecular flexibility index (Phi) is 3.64. The monoisotopic (exact) mass is 254 g/mol. The third-order valence-electron chi connectivity index (χ3n) is 1.48. The van der Waals surface area contributed by atoms with Gasteiger partial charge >= 0.3 is 0 Å². The van der Waals surface area contributed by atoms with Gasteiger partial charge in [0.25, 0.3) is 9.05 Å². The molecule has 1 aromatic carbocycles. The topological polar surface area (TPSA) is 43.4 Å². The Morgan fingerprint density at radius 1 is 1.43 bits per heavy atom. The minimum absolute atomic E-state index is 0.0213. The van der Waals surface area contributed by atoms with Gasteiger partial charge in [-0.1, -0.05) is 11.6 Å². The Morgan fingerprint density at radius 3 is 2.57 bits per heavy atom. The van der Waals surface area contributed by atoms with Crippen molar-refractivity contribution < 1.29 is 13.2 Å². The van der Waals surface area contributed by atoms with Crippen molar-refractivity contribution in [1.82, 2.24) is 0 Å². The van der Waals surface area contributed by atoms with E-state index in [0.717, 1.165) is 0 Å². The molecule has 0 spiro atoms. The van der Waals surface area contributed by atoms with Crippen molar-refractivity contribution in [2.45, 2.75) is 11.8 Å². The molecule has 6 heteroatoms. The molecule has 0 aliphatic rings. The highest BCUT2D eigenvalue weighted by Crippen LogP contribution is 2.28. The molecule has 0 saturated carbocycles. The molecule has 0 aliphatic carbocycles. The zero-order valence-corrected chi connectivity index (χ0v) is 9.66. The highest BCUT2D eigenvalue weighted by molar-refractivity contribution is 8.13. The lowest BCUT2D eigenvalue weighted by Crippen LogP contribution is -1.95. The minimum Gasteiger partial charge on any atom is -0.492 e. The highest BCUT2D eigenvalue weighted by Gasteiger charge is 2.12. The van der Waals surface area contributed by atoms with E-state index in [1.165, 1.54) is 18.2 Å². The lowest BCUT2D eigenvalue weighted by molar-refractivity contribution is 0.339. The molecule has 1 rings (SSSR count). The third kappa shape index (κ3) is 2.77. The average Bonchev–Trinajstić information content (AvgIpc) is 2.07. The fourth-order valence-electron chi connectivity index (χ4n) is 0.901. The first-order valence-corrected chi connectivity index (χ1v) is 6.51. The summed E-state index contributed by atoms with van der Waals surface area (Å²) in [5, 5.41) is 0.357. The van der Waals surface area contributed by atoms with E-state index < -0.39 is 9.05 Å². The van der Waals surface area contributed by atoms with Crippen LogP contribution >= 0.6 is 22.3 Å². The molecule has 0 unspecified atom stereocenters. The SMILES string of the molecule is CCOc1cc(S(=O)(=O)Cl)ccc1Cl. The third-order valence-corrected chi connectivity index (χ3v) is 3.15. The Bertz CT molecular complexity index is 428. The first-order valence-electron chi connectivity index (χ1n) is 3.82. The zero-order chi connectivity index (χ0) is 10.8. The van der Waals surface area contributed by atoms with Crippen LogP contribution < -0.4 is 4.74 Å². The van der Waals surface area contributed by atoms with Gasteiger partial charge in [-0.25, -0.2) is 8.42 Å². The van der Waals surface area contributed by atoms with Crippen molar-refractivity contribution >= 4 is 31.3 Å². The van der Waals surface area contributed by atoms with Crippen molar-refractivity contribution in [2.24, 2.45) is 0 Å². The Labute approximate surface area is 92.0 Å². The smallest absolute Gasteiger partial charge is 0.261 e. The van der Waals surface area contributed by atoms with Crippen LogP contribution in [-0.2, 0) is 9.05 Å². The second-order valence-electron chi connectivity index (χ2n) is 2.46. The standard InChI is InChI=1S/C8H8Cl2O3S/c1-2-13-8-5-6(14(10,11)12)3-4-7(8)9/h3-5H,2H2,1H3. The summed E-state index contributed by atoms with van der Waals surface area (Å²) in [4.78, 5) is -0.0213. The maximum Gasteiger partial charge on any atom is 0.261 e. The van der Waals surface area contributed by atoms with Gasteiger partial charge in [0.05, 0.1) is 16.5 Å². The van der Waals surface area contributed by atoms with E-state index >= 15 is 0 Å². The molecule has 0 saturated heterocycles. The van der Waals surface area contributed by atoms with Crippen molar-refractivity contribution in [3.63, 3.8) is 0 Å². The summed E-state index contributed by atoms with van der Waals surface area (Å²) in [6.07, 6.45) is 0. The summed E-state index contributed by atoms with van der Waals surface area (Å²) >= 11 is 5.76. The van der Waals surface area contributed by atoms with Gasteiger partial charge in [-0.15, -0.1) is 0 Å². The van der Waals surface area contributed by atoms with E-state index in [1.54, 1.807) is 6.92 Å². The molecule has 14 heavy (non-hydrogen) atoms. The van der Waals surface area contributed by atoms with E-state index in [2.05, 4.69) is 0 Å². The molecule has 0 heterocycles. The molecule has 0 fully saturated rings. The van der Waals surface area contributed by atoms with Crippen LogP contribution in [0.1, 0.15) is 6.92 Å². The van der Waals surface area contributed by atoms with Crippen molar-refractivity contribution in [3.05, 3.63) is 23.2 Å². The van der Waals surface area contributed by atoms with Crippen LogP contribution in [0, 0.1) is 0 Å². The van der Waals surface area contributed by atoms with Crippen molar-refractivity contribution in [1.29, 1.82) is 0 Å². The van der Waals surface area contributed by atoms with Crippen LogP contribution in [0.25, 0.3) is 0 Å². The average molecular weight is 255 g/mol. The number of hydrogen-bond donors (Lipinski definition) is 0. The van der Waals surface area contributed by atoms with E-state index in [9.17, 15) is 8.42 Å². The summed E-state index contributed by atoms with van der Waals surface area (Å²) < 4.78 is 27.1. The summed E-state index contributed by atoms with van der Waals surface area (Å²) in [5.41, 5.74) is 0. The minimum atomic E-state index is -3.73. The van der Waals surface area contributed by atoms with Crippen LogP contribution in [0.4, 0.5) is 0 Å². The van der Waals surface area contributed by atoms with Crippen molar-refractivity contribution in [3.8, 4) is 5.75 Å². The largest absolute Gasteiger partial charge is 0.492 e. The summed E-state index contributed by atoms with van der Waals surface area (Å²) in [7, 11) is 1.43. The van der Waals surface area contributed by atoms with Crippen LogP contribution in [0.2, 0.25) is 5.02 Å². The highest BCUT2D eigenvalue weighted by atomic mass is 35.7. The number of benzene rings is 1. The van der Waals surface area contributed by atoms with Crippen molar-refractivity contribution in [2.75, 3.05) is 6.61 Å². The Hall–Kier alpha value is -0.450. The first kappa shape index (κ1) is 11.6. The molecule has 0 bridgehead atoms. The van der Waals surface area contributed by atoms with Gasteiger partial charge in [-0.05, 0) is 19.1 Å². The summed E-state index contributed by atoms with van der Waals surface area (Å²) in [6, 6.07) is 4.06. The molecular formula is C8H8Cl2O3S. The van der Waals surface area contributed by atoms with Gasteiger partial charge in [0.1, 0.15) is 5.75 Å². The molecule has 0 N–H and O–H groups in total.